The number of hydrogen-bond acceptors (Lipinski definition) is 3. The molecule has 0 spiro atoms. The molecular weight excluding hydrogens is 222 g/mol. The molecule has 0 amide bonds. The molecule has 1 saturated heterocycles. The molecule has 1 rings (SSSR count). The quantitative estimate of drug-likeness (QED) is 0.751. The van der Waals surface area contributed by atoms with Crippen LogP contribution >= 0.6 is 0 Å². The Bertz CT molecular complexity index is 210. The van der Waals surface area contributed by atoms with Gasteiger partial charge < -0.3 is 15.1 Å². The topological polar surface area (TPSA) is 18.5 Å². The molecule has 1 aliphatic heterocycles. The van der Waals surface area contributed by atoms with Crippen LogP contribution in [0.15, 0.2) is 0 Å². The van der Waals surface area contributed by atoms with Crippen molar-refractivity contribution in [2.24, 2.45) is 5.92 Å². The summed E-state index contributed by atoms with van der Waals surface area (Å²) in [4.78, 5) is 5.11. The van der Waals surface area contributed by atoms with Crippen LogP contribution in [0.5, 0.6) is 0 Å². The van der Waals surface area contributed by atoms with Gasteiger partial charge in [-0.15, -0.1) is 0 Å². The molecule has 1 aliphatic rings. The van der Waals surface area contributed by atoms with Crippen molar-refractivity contribution in [3.63, 3.8) is 0 Å². The Morgan fingerprint density at radius 1 is 1.22 bits per heavy atom. The maximum absolute atomic E-state index is 3.62. The normalized spacial score (nSPS) is 20.8. The first kappa shape index (κ1) is 15.9. The molecule has 108 valence electrons. The molecule has 0 aromatic rings. The lowest BCUT2D eigenvalue weighted by Gasteiger charge is -2.36. The van der Waals surface area contributed by atoms with E-state index in [4.69, 9.17) is 0 Å². The molecule has 0 bridgehead atoms. The van der Waals surface area contributed by atoms with Crippen LogP contribution in [0.3, 0.4) is 0 Å². The number of hydrogen-bond donors (Lipinski definition) is 1. The van der Waals surface area contributed by atoms with Crippen molar-refractivity contribution in [3.05, 3.63) is 0 Å². The first-order valence-corrected chi connectivity index (χ1v) is 7.70. The lowest BCUT2D eigenvalue weighted by atomic mass is 10.0. The van der Waals surface area contributed by atoms with E-state index in [9.17, 15) is 0 Å². The minimum atomic E-state index is 0.625. The zero-order chi connectivity index (χ0) is 13.5. The van der Waals surface area contributed by atoms with Gasteiger partial charge in [-0.05, 0) is 52.4 Å². The Morgan fingerprint density at radius 3 is 2.33 bits per heavy atom. The Labute approximate surface area is 114 Å². The fourth-order valence-corrected chi connectivity index (χ4v) is 2.56. The minimum absolute atomic E-state index is 0.625. The summed E-state index contributed by atoms with van der Waals surface area (Å²) in [5.41, 5.74) is 0. The molecule has 1 unspecified atom stereocenters. The SMILES string of the molecule is CCN1CCC(N(C)CCNC(C)C(C)C)CC1. The van der Waals surface area contributed by atoms with Gasteiger partial charge in [0, 0.05) is 25.2 Å². The highest BCUT2D eigenvalue weighted by Crippen LogP contribution is 2.14. The van der Waals surface area contributed by atoms with Gasteiger partial charge in [0.05, 0.1) is 0 Å². The van der Waals surface area contributed by atoms with E-state index in [0.29, 0.717) is 6.04 Å². The van der Waals surface area contributed by atoms with Gasteiger partial charge in [0.2, 0.25) is 0 Å². The van der Waals surface area contributed by atoms with E-state index < -0.39 is 0 Å². The number of rotatable bonds is 7. The van der Waals surface area contributed by atoms with E-state index in [0.717, 1.165) is 18.5 Å². The number of nitrogens with zero attached hydrogens (tertiary/aromatic N) is 2. The maximum Gasteiger partial charge on any atom is 0.0117 e. The van der Waals surface area contributed by atoms with Gasteiger partial charge >= 0.3 is 0 Å². The van der Waals surface area contributed by atoms with Gasteiger partial charge in [0.1, 0.15) is 0 Å². The van der Waals surface area contributed by atoms with Gasteiger partial charge in [-0.3, -0.25) is 0 Å². The van der Waals surface area contributed by atoms with Crippen molar-refractivity contribution in [1.29, 1.82) is 0 Å². The summed E-state index contributed by atoms with van der Waals surface area (Å²) in [6.07, 6.45) is 2.67. The van der Waals surface area contributed by atoms with Crippen molar-refractivity contribution >= 4 is 0 Å². The summed E-state index contributed by atoms with van der Waals surface area (Å²) in [5, 5.41) is 3.62. The molecule has 3 heteroatoms. The summed E-state index contributed by atoms with van der Waals surface area (Å²) in [6.45, 7) is 15.2. The first-order valence-electron chi connectivity index (χ1n) is 7.70. The summed E-state index contributed by atoms with van der Waals surface area (Å²) < 4.78 is 0. The van der Waals surface area contributed by atoms with E-state index in [1.165, 1.54) is 39.0 Å². The van der Waals surface area contributed by atoms with Crippen LogP contribution in [-0.2, 0) is 0 Å². The molecular formula is C15H33N3. The highest BCUT2D eigenvalue weighted by molar-refractivity contribution is 4.78. The summed E-state index contributed by atoms with van der Waals surface area (Å²) in [6, 6.07) is 1.42. The zero-order valence-electron chi connectivity index (χ0n) is 13.1. The highest BCUT2D eigenvalue weighted by atomic mass is 15.2. The zero-order valence-corrected chi connectivity index (χ0v) is 13.1. The Balaban J connectivity index is 2.15. The molecule has 0 aromatic heterocycles. The van der Waals surface area contributed by atoms with Crippen molar-refractivity contribution in [2.45, 2.75) is 52.6 Å². The average molecular weight is 255 g/mol. The fourth-order valence-electron chi connectivity index (χ4n) is 2.56. The minimum Gasteiger partial charge on any atom is -0.313 e. The van der Waals surface area contributed by atoms with E-state index in [1.54, 1.807) is 0 Å². The van der Waals surface area contributed by atoms with E-state index >= 15 is 0 Å². The first-order chi connectivity index (χ1) is 8.54. The van der Waals surface area contributed by atoms with Crippen LogP contribution in [0.1, 0.15) is 40.5 Å². The number of piperidine rings is 1. The van der Waals surface area contributed by atoms with Crippen LogP contribution in [0.4, 0.5) is 0 Å². The monoisotopic (exact) mass is 255 g/mol. The highest BCUT2D eigenvalue weighted by Gasteiger charge is 2.21. The van der Waals surface area contributed by atoms with Crippen LogP contribution in [0.2, 0.25) is 0 Å². The van der Waals surface area contributed by atoms with Crippen LogP contribution in [0, 0.1) is 5.92 Å². The summed E-state index contributed by atoms with van der Waals surface area (Å²) in [7, 11) is 2.29. The van der Waals surface area contributed by atoms with Crippen LogP contribution in [-0.4, -0.2) is 61.7 Å². The van der Waals surface area contributed by atoms with Gasteiger partial charge in [-0.2, -0.15) is 0 Å². The summed E-state index contributed by atoms with van der Waals surface area (Å²) in [5.74, 6) is 0.725. The number of likely N-dealkylation sites (tertiary alicyclic amines) is 1. The average Bonchev–Trinajstić information content (AvgIpc) is 2.38. The predicted molar refractivity (Wildman–Crippen MR) is 80.1 cm³/mol. The third-order valence-electron chi connectivity index (χ3n) is 4.56. The van der Waals surface area contributed by atoms with E-state index in [2.05, 4.69) is 49.9 Å². The van der Waals surface area contributed by atoms with Crippen molar-refractivity contribution < 1.29 is 0 Å². The molecule has 18 heavy (non-hydrogen) atoms. The van der Waals surface area contributed by atoms with Crippen LogP contribution in [0.25, 0.3) is 0 Å². The van der Waals surface area contributed by atoms with Gasteiger partial charge in [0.25, 0.3) is 0 Å². The molecule has 0 radical (unpaired) electrons. The molecule has 3 nitrogen and oxygen atoms in total. The molecule has 1 atom stereocenters. The molecule has 1 N–H and O–H groups in total. The lowest BCUT2D eigenvalue weighted by molar-refractivity contribution is 0.131. The second kappa shape index (κ2) is 8.13. The predicted octanol–water partition coefficient (Wildman–Crippen LogP) is 2.04. The lowest BCUT2D eigenvalue weighted by Crippen LogP contribution is -2.46. The standard InChI is InChI=1S/C15H33N3/c1-6-18-10-7-15(8-11-18)17(5)12-9-16-14(4)13(2)3/h13-16H,6-12H2,1-5H3. The molecule has 0 aliphatic carbocycles. The van der Waals surface area contributed by atoms with Crippen molar-refractivity contribution in [3.8, 4) is 0 Å². The second-order valence-electron chi connectivity index (χ2n) is 6.13. The third kappa shape index (κ3) is 5.25. The number of likely N-dealkylation sites (N-methyl/N-ethyl adjacent to an activating group) is 1. The summed E-state index contributed by atoms with van der Waals surface area (Å²) >= 11 is 0. The van der Waals surface area contributed by atoms with Gasteiger partial charge in [0.15, 0.2) is 0 Å². The van der Waals surface area contributed by atoms with Gasteiger partial charge in [-0.25, -0.2) is 0 Å². The third-order valence-corrected chi connectivity index (χ3v) is 4.56. The Hall–Kier alpha value is -0.120. The fraction of sp³-hybridized carbons (Fsp3) is 1.00. The second-order valence-corrected chi connectivity index (χ2v) is 6.13. The molecule has 1 heterocycles. The Morgan fingerprint density at radius 2 is 1.83 bits per heavy atom. The van der Waals surface area contributed by atoms with Crippen molar-refractivity contribution in [2.75, 3.05) is 39.8 Å². The van der Waals surface area contributed by atoms with Crippen molar-refractivity contribution in [1.82, 2.24) is 15.1 Å². The number of nitrogens with one attached hydrogen (secondary N) is 1. The smallest absolute Gasteiger partial charge is 0.0117 e. The largest absolute Gasteiger partial charge is 0.313 e. The Kier molecular flexibility index (Phi) is 7.20. The van der Waals surface area contributed by atoms with E-state index in [1.807, 2.05) is 0 Å². The van der Waals surface area contributed by atoms with Gasteiger partial charge in [-0.1, -0.05) is 20.8 Å². The molecule has 0 saturated carbocycles. The maximum atomic E-state index is 3.62. The molecule has 0 aromatic carbocycles. The van der Waals surface area contributed by atoms with E-state index in [-0.39, 0.29) is 0 Å². The van der Waals surface area contributed by atoms with Crippen LogP contribution < -0.4 is 5.32 Å². The molecule has 1 fully saturated rings.